The predicted octanol–water partition coefficient (Wildman–Crippen LogP) is 4.53. The standard InChI is InChI=1S/C20H20FNO/c1-23-20(15-22-19-9-5-8-18(21)14-19)12-10-17(11-13-20)16-6-3-2-4-7-16/h2-14,17,22H,15H2,1H3. The second-order valence-corrected chi connectivity index (χ2v) is 5.68. The van der Waals surface area contributed by atoms with Gasteiger partial charge >= 0.3 is 0 Å². The molecule has 0 amide bonds. The average Bonchev–Trinajstić information content (AvgIpc) is 2.61. The summed E-state index contributed by atoms with van der Waals surface area (Å²) in [5.41, 5.74) is 1.48. The zero-order valence-electron chi connectivity index (χ0n) is 13.1. The largest absolute Gasteiger partial charge is 0.381 e. The van der Waals surface area contributed by atoms with Crippen LogP contribution in [-0.2, 0) is 4.74 Å². The van der Waals surface area contributed by atoms with Crippen LogP contribution in [0.25, 0.3) is 0 Å². The molecule has 0 atom stereocenters. The number of ether oxygens (including phenoxy) is 1. The molecule has 3 rings (SSSR count). The van der Waals surface area contributed by atoms with E-state index >= 15 is 0 Å². The third-order valence-corrected chi connectivity index (χ3v) is 4.13. The molecule has 0 saturated carbocycles. The first kappa shape index (κ1) is 15.5. The normalized spacial score (nSPS) is 23.0. The van der Waals surface area contributed by atoms with Crippen LogP contribution in [0.4, 0.5) is 10.1 Å². The van der Waals surface area contributed by atoms with Gasteiger partial charge in [0.15, 0.2) is 0 Å². The molecule has 0 fully saturated rings. The molecular formula is C20H20FNO. The smallest absolute Gasteiger partial charge is 0.125 e. The number of hydrogen-bond acceptors (Lipinski definition) is 2. The SMILES string of the molecule is COC1(CNc2cccc(F)c2)C=CC(c2ccccc2)C=C1. The number of halogens is 1. The summed E-state index contributed by atoms with van der Waals surface area (Å²) >= 11 is 0. The second kappa shape index (κ2) is 6.80. The molecule has 3 heteroatoms. The van der Waals surface area contributed by atoms with Gasteiger partial charge in [-0.1, -0.05) is 60.7 Å². The van der Waals surface area contributed by atoms with Crippen molar-refractivity contribution < 1.29 is 9.13 Å². The molecule has 2 nitrogen and oxygen atoms in total. The van der Waals surface area contributed by atoms with Gasteiger partial charge in [-0.25, -0.2) is 4.39 Å². The van der Waals surface area contributed by atoms with Crippen LogP contribution in [0.15, 0.2) is 78.9 Å². The highest BCUT2D eigenvalue weighted by Crippen LogP contribution is 2.28. The van der Waals surface area contributed by atoms with Gasteiger partial charge in [-0.3, -0.25) is 0 Å². The molecule has 1 aliphatic rings. The lowest BCUT2D eigenvalue weighted by Gasteiger charge is -2.30. The van der Waals surface area contributed by atoms with Crippen molar-refractivity contribution in [3.8, 4) is 0 Å². The molecule has 1 aliphatic carbocycles. The topological polar surface area (TPSA) is 21.3 Å². The first-order chi connectivity index (χ1) is 11.2. The molecule has 0 unspecified atom stereocenters. The van der Waals surface area contributed by atoms with Crippen molar-refractivity contribution in [1.82, 2.24) is 0 Å². The monoisotopic (exact) mass is 309 g/mol. The Balaban J connectivity index is 1.70. The first-order valence-electron chi connectivity index (χ1n) is 7.69. The van der Waals surface area contributed by atoms with Crippen molar-refractivity contribution in [3.05, 3.63) is 90.3 Å². The van der Waals surface area contributed by atoms with Gasteiger partial charge in [-0.2, -0.15) is 0 Å². The summed E-state index contributed by atoms with van der Waals surface area (Å²) in [6, 6.07) is 16.8. The minimum atomic E-state index is -0.516. The summed E-state index contributed by atoms with van der Waals surface area (Å²) in [4.78, 5) is 0. The highest BCUT2D eigenvalue weighted by Gasteiger charge is 2.26. The van der Waals surface area contributed by atoms with E-state index in [0.29, 0.717) is 6.54 Å². The van der Waals surface area contributed by atoms with Crippen LogP contribution in [0.1, 0.15) is 11.5 Å². The summed E-state index contributed by atoms with van der Waals surface area (Å²) in [6.45, 7) is 0.543. The Labute approximate surface area is 136 Å². The Hall–Kier alpha value is -2.39. The van der Waals surface area contributed by atoms with Crippen molar-refractivity contribution >= 4 is 5.69 Å². The maximum atomic E-state index is 13.2. The van der Waals surface area contributed by atoms with E-state index < -0.39 is 5.60 Å². The fraction of sp³-hybridized carbons (Fsp3) is 0.200. The second-order valence-electron chi connectivity index (χ2n) is 5.68. The number of rotatable bonds is 5. The third-order valence-electron chi connectivity index (χ3n) is 4.13. The third kappa shape index (κ3) is 3.69. The highest BCUT2D eigenvalue weighted by atomic mass is 19.1. The van der Waals surface area contributed by atoms with Crippen molar-refractivity contribution in [3.63, 3.8) is 0 Å². The van der Waals surface area contributed by atoms with E-state index in [1.165, 1.54) is 17.7 Å². The molecule has 2 aromatic carbocycles. The van der Waals surface area contributed by atoms with Crippen molar-refractivity contribution in [2.45, 2.75) is 11.5 Å². The zero-order chi connectivity index (χ0) is 16.1. The van der Waals surface area contributed by atoms with Crippen LogP contribution >= 0.6 is 0 Å². The number of benzene rings is 2. The first-order valence-corrected chi connectivity index (χ1v) is 7.69. The summed E-state index contributed by atoms with van der Waals surface area (Å²) < 4.78 is 18.9. The van der Waals surface area contributed by atoms with Gasteiger partial charge < -0.3 is 10.1 Å². The van der Waals surface area contributed by atoms with Crippen molar-refractivity contribution in [2.24, 2.45) is 0 Å². The summed E-state index contributed by atoms with van der Waals surface area (Å²) in [5.74, 6) is 0.00832. The molecule has 0 bridgehead atoms. The fourth-order valence-corrected chi connectivity index (χ4v) is 2.72. The van der Waals surface area contributed by atoms with E-state index in [1.807, 2.05) is 24.3 Å². The van der Waals surface area contributed by atoms with Gasteiger partial charge in [-0.15, -0.1) is 0 Å². The molecule has 23 heavy (non-hydrogen) atoms. The maximum absolute atomic E-state index is 13.2. The van der Waals surface area contributed by atoms with E-state index in [-0.39, 0.29) is 11.7 Å². The van der Waals surface area contributed by atoms with E-state index in [0.717, 1.165) is 5.69 Å². The van der Waals surface area contributed by atoms with Crippen LogP contribution in [0.2, 0.25) is 0 Å². The van der Waals surface area contributed by atoms with Gasteiger partial charge in [0.25, 0.3) is 0 Å². The van der Waals surface area contributed by atoms with Crippen LogP contribution < -0.4 is 5.32 Å². The van der Waals surface area contributed by atoms with E-state index in [2.05, 4.69) is 41.8 Å². The number of methoxy groups -OCH3 is 1. The molecule has 1 N–H and O–H groups in total. The van der Waals surface area contributed by atoms with Crippen molar-refractivity contribution in [2.75, 3.05) is 19.0 Å². The van der Waals surface area contributed by atoms with Crippen LogP contribution in [0.5, 0.6) is 0 Å². The number of anilines is 1. The lowest BCUT2D eigenvalue weighted by Crippen LogP contribution is -2.36. The minimum Gasteiger partial charge on any atom is -0.381 e. The molecule has 0 spiro atoms. The molecular weight excluding hydrogens is 289 g/mol. The molecule has 0 radical (unpaired) electrons. The Bertz CT molecular complexity index is 695. The van der Waals surface area contributed by atoms with Gasteiger partial charge in [-0.05, 0) is 23.8 Å². The summed E-state index contributed by atoms with van der Waals surface area (Å²) in [5, 5.41) is 3.23. The molecule has 0 aliphatic heterocycles. The van der Waals surface area contributed by atoms with Gasteiger partial charge in [0, 0.05) is 18.7 Å². The van der Waals surface area contributed by atoms with Gasteiger partial charge in [0.1, 0.15) is 11.4 Å². The Kier molecular flexibility index (Phi) is 4.58. The summed E-state index contributed by atoms with van der Waals surface area (Å²) in [7, 11) is 1.69. The molecule has 118 valence electrons. The molecule has 0 saturated heterocycles. The van der Waals surface area contributed by atoms with Crippen molar-refractivity contribution in [1.29, 1.82) is 0 Å². The Morgan fingerprint density at radius 3 is 2.43 bits per heavy atom. The fourth-order valence-electron chi connectivity index (χ4n) is 2.72. The number of nitrogens with one attached hydrogen (secondary N) is 1. The van der Waals surface area contributed by atoms with Crippen LogP contribution in [0, 0.1) is 5.82 Å². The molecule has 2 aromatic rings. The molecule has 0 aromatic heterocycles. The zero-order valence-corrected chi connectivity index (χ0v) is 13.1. The van der Waals surface area contributed by atoms with E-state index in [4.69, 9.17) is 4.74 Å². The predicted molar refractivity (Wildman–Crippen MR) is 92.1 cm³/mol. The maximum Gasteiger partial charge on any atom is 0.125 e. The Morgan fingerprint density at radius 2 is 1.78 bits per heavy atom. The minimum absolute atomic E-state index is 0.250. The average molecular weight is 309 g/mol. The Morgan fingerprint density at radius 1 is 1.04 bits per heavy atom. The van der Waals surface area contributed by atoms with Gasteiger partial charge in [0.05, 0.1) is 6.54 Å². The van der Waals surface area contributed by atoms with E-state index in [9.17, 15) is 4.39 Å². The lowest BCUT2D eigenvalue weighted by atomic mass is 9.88. The number of allylic oxidation sites excluding steroid dienone is 2. The molecule has 0 heterocycles. The van der Waals surface area contributed by atoms with Gasteiger partial charge in [0.2, 0.25) is 0 Å². The lowest BCUT2D eigenvalue weighted by molar-refractivity contribution is 0.0836. The van der Waals surface area contributed by atoms with Crippen LogP contribution in [-0.4, -0.2) is 19.3 Å². The highest BCUT2D eigenvalue weighted by molar-refractivity contribution is 5.45. The van der Waals surface area contributed by atoms with E-state index in [1.54, 1.807) is 13.2 Å². The summed E-state index contributed by atoms with van der Waals surface area (Å²) in [6.07, 6.45) is 8.42. The quantitative estimate of drug-likeness (QED) is 0.819. The van der Waals surface area contributed by atoms with Crippen LogP contribution in [0.3, 0.4) is 0 Å². The number of hydrogen-bond donors (Lipinski definition) is 1.